The predicted octanol–water partition coefficient (Wildman–Crippen LogP) is 3.15. The molecule has 3 rings (SSSR count). The molecule has 0 aliphatic carbocycles. The van der Waals surface area contributed by atoms with Gasteiger partial charge in [-0.05, 0) is 36.5 Å². The number of nitro groups is 1. The molecule has 2 heterocycles. The zero-order valence-corrected chi connectivity index (χ0v) is 18.8. The Morgan fingerprint density at radius 1 is 1.48 bits per heavy atom. The van der Waals surface area contributed by atoms with Gasteiger partial charge in [0.2, 0.25) is 5.88 Å². The van der Waals surface area contributed by atoms with E-state index in [2.05, 4.69) is 5.10 Å². The molecule has 1 unspecified atom stereocenters. The third-order valence-electron chi connectivity index (χ3n) is 4.94. The summed E-state index contributed by atoms with van der Waals surface area (Å²) >= 11 is 5.90. The number of benzene rings is 1. The SMILES string of the molecule is CCOC(=O)C1=C(C)OC(N)=C(C#N)C1c1ccc(OC)c(Cn2cc(Cl)c([N+](=O)[O-])n2)c1. The molecule has 0 radical (unpaired) electrons. The number of nitrogens with two attached hydrogens (primary N) is 1. The summed E-state index contributed by atoms with van der Waals surface area (Å²) in [5.41, 5.74) is 7.26. The molecule has 0 bridgehead atoms. The Morgan fingerprint density at radius 2 is 2.21 bits per heavy atom. The van der Waals surface area contributed by atoms with E-state index in [0.29, 0.717) is 16.9 Å². The number of carbonyl (C=O) groups excluding carboxylic acids is 1. The lowest BCUT2D eigenvalue weighted by atomic mass is 9.82. The van der Waals surface area contributed by atoms with Crippen LogP contribution in [-0.2, 0) is 20.8 Å². The van der Waals surface area contributed by atoms with Crippen LogP contribution in [0.5, 0.6) is 5.75 Å². The van der Waals surface area contributed by atoms with E-state index >= 15 is 0 Å². The highest BCUT2D eigenvalue weighted by Gasteiger charge is 2.36. The van der Waals surface area contributed by atoms with Crippen LogP contribution >= 0.6 is 11.6 Å². The van der Waals surface area contributed by atoms with Crippen molar-refractivity contribution >= 4 is 23.4 Å². The summed E-state index contributed by atoms with van der Waals surface area (Å²) in [6.45, 7) is 3.44. The highest BCUT2D eigenvalue weighted by atomic mass is 35.5. The first kappa shape index (κ1) is 23.6. The highest BCUT2D eigenvalue weighted by Crippen LogP contribution is 2.41. The number of nitriles is 1. The first-order valence-electron chi connectivity index (χ1n) is 9.71. The van der Waals surface area contributed by atoms with Gasteiger partial charge in [0.1, 0.15) is 23.2 Å². The monoisotopic (exact) mass is 473 g/mol. The van der Waals surface area contributed by atoms with Gasteiger partial charge in [-0.2, -0.15) is 9.94 Å². The molecule has 1 aromatic carbocycles. The van der Waals surface area contributed by atoms with E-state index in [4.69, 9.17) is 31.5 Å². The van der Waals surface area contributed by atoms with Crippen molar-refractivity contribution in [3.63, 3.8) is 0 Å². The van der Waals surface area contributed by atoms with Gasteiger partial charge in [-0.3, -0.25) is 0 Å². The number of halogens is 1. The van der Waals surface area contributed by atoms with Crippen molar-refractivity contribution in [1.82, 2.24) is 9.78 Å². The van der Waals surface area contributed by atoms with Crippen LogP contribution in [0.4, 0.5) is 5.82 Å². The third-order valence-corrected chi connectivity index (χ3v) is 5.21. The molecule has 1 aliphatic heterocycles. The van der Waals surface area contributed by atoms with Gasteiger partial charge in [0.05, 0.1) is 43.0 Å². The van der Waals surface area contributed by atoms with E-state index in [1.54, 1.807) is 32.0 Å². The van der Waals surface area contributed by atoms with Crippen molar-refractivity contribution in [3.05, 3.63) is 73.4 Å². The summed E-state index contributed by atoms with van der Waals surface area (Å²) in [6.07, 6.45) is 1.33. The number of aromatic nitrogens is 2. The van der Waals surface area contributed by atoms with Gasteiger partial charge in [-0.15, -0.1) is 0 Å². The largest absolute Gasteiger partial charge is 0.496 e. The van der Waals surface area contributed by atoms with E-state index in [1.165, 1.54) is 18.0 Å². The van der Waals surface area contributed by atoms with Crippen LogP contribution in [0.3, 0.4) is 0 Å². The van der Waals surface area contributed by atoms with E-state index in [9.17, 15) is 20.2 Å². The Bertz CT molecular complexity index is 1230. The maximum absolute atomic E-state index is 12.7. The van der Waals surface area contributed by atoms with Crippen molar-refractivity contribution in [2.45, 2.75) is 26.3 Å². The number of hydrogen-bond donors (Lipinski definition) is 1. The molecule has 1 aliphatic rings. The lowest BCUT2D eigenvalue weighted by Crippen LogP contribution is -2.25. The average molecular weight is 474 g/mol. The number of carbonyl (C=O) groups is 1. The Morgan fingerprint density at radius 3 is 2.79 bits per heavy atom. The minimum absolute atomic E-state index is 0.0533. The van der Waals surface area contributed by atoms with Crippen LogP contribution in [-0.4, -0.2) is 34.4 Å². The second kappa shape index (κ2) is 9.62. The van der Waals surface area contributed by atoms with Crippen molar-refractivity contribution in [3.8, 4) is 11.8 Å². The van der Waals surface area contributed by atoms with E-state index in [0.717, 1.165) is 0 Å². The third kappa shape index (κ3) is 4.61. The standard InChI is InChI=1S/C21H20ClN5O6/c1-4-32-21(28)17-11(2)33-19(24)14(8-23)18(17)12-5-6-16(31-3)13(7-12)9-26-10-15(22)20(25-26)27(29)30/h5-7,10,18H,4,9,24H2,1-3H3. The van der Waals surface area contributed by atoms with Crippen LogP contribution < -0.4 is 10.5 Å². The van der Waals surface area contributed by atoms with E-state index in [1.807, 2.05) is 6.07 Å². The Hall–Kier alpha value is -4.04. The fourth-order valence-electron chi connectivity index (χ4n) is 3.56. The van der Waals surface area contributed by atoms with Crippen LogP contribution in [0.25, 0.3) is 0 Å². The number of nitrogens with zero attached hydrogens (tertiary/aromatic N) is 4. The topological polar surface area (TPSA) is 156 Å². The second-order valence-corrected chi connectivity index (χ2v) is 7.35. The number of hydrogen-bond acceptors (Lipinski definition) is 9. The van der Waals surface area contributed by atoms with Gasteiger partial charge < -0.3 is 30.1 Å². The fraction of sp³-hybridized carbons (Fsp3) is 0.286. The molecule has 33 heavy (non-hydrogen) atoms. The average Bonchev–Trinajstić information content (AvgIpc) is 3.13. The molecule has 1 atom stereocenters. The molecular formula is C21H20ClN5O6. The second-order valence-electron chi connectivity index (χ2n) is 6.94. The maximum Gasteiger partial charge on any atom is 0.408 e. The van der Waals surface area contributed by atoms with Crippen LogP contribution in [0.1, 0.15) is 30.9 Å². The number of methoxy groups -OCH3 is 1. The lowest BCUT2D eigenvalue weighted by molar-refractivity contribution is -0.389. The molecule has 1 aromatic heterocycles. The zero-order valence-electron chi connectivity index (χ0n) is 18.0. The molecule has 172 valence electrons. The quantitative estimate of drug-likeness (QED) is 0.362. The van der Waals surface area contributed by atoms with Gasteiger partial charge >= 0.3 is 11.8 Å². The Labute approximate surface area is 193 Å². The molecule has 0 amide bonds. The minimum atomic E-state index is -0.844. The number of allylic oxidation sites excluding steroid dienone is 2. The first-order valence-corrected chi connectivity index (χ1v) is 10.1. The van der Waals surface area contributed by atoms with Crippen molar-refractivity contribution in [2.24, 2.45) is 5.73 Å². The minimum Gasteiger partial charge on any atom is -0.496 e. The molecule has 2 aromatic rings. The van der Waals surface area contributed by atoms with Gasteiger partial charge in [-0.25, -0.2) is 4.79 Å². The Balaban J connectivity index is 2.11. The zero-order chi connectivity index (χ0) is 24.3. The number of ether oxygens (including phenoxy) is 3. The van der Waals surface area contributed by atoms with E-state index < -0.39 is 22.6 Å². The van der Waals surface area contributed by atoms with Gasteiger partial charge in [0, 0.05) is 5.56 Å². The molecule has 11 nitrogen and oxygen atoms in total. The van der Waals surface area contributed by atoms with Gasteiger partial charge in [0.25, 0.3) is 0 Å². The summed E-state index contributed by atoms with van der Waals surface area (Å²) in [5.74, 6) is -1.37. The smallest absolute Gasteiger partial charge is 0.408 e. The van der Waals surface area contributed by atoms with Gasteiger partial charge in [-0.1, -0.05) is 17.7 Å². The summed E-state index contributed by atoms with van der Waals surface area (Å²) in [7, 11) is 1.47. The summed E-state index contributed by atoms with van der Waals surface area (Å²) in [4.78, 5) is 23.1. The predicted molar refractivity (Wildman–Crippen MR) is 116 cm³/mol. The van der Waals surface area contributed by atoms with Crippen molar-refractivity contribution in [1.29, 1.82) is 5.26 Å². The normalized spacial score (nSPS) is 15.7. The van der Waals surface area contributed by atoms with Gasteiger partial charge in [0.15, 0.2) is 5.02 Å². The molecule has 0 saturated heterocycles. The summed E-state index contributed by atoms with van der Waals surface area (Å²) < 4.78 is 17.3. The Kier molecular flexibility index (Phi) is 6.89. The maximum atomic E-state index is 12.7. The van der Waals surface area contributed by atoms with Crippen molar-refractivity contribution < 1.29 is 23.9 Å². The van der Waals surface area contributed by atoms with Crippen molar-refractivity contribution in [2.75, 3.05) is 13.7 Å². The fourth-order valence-corrected chi connectivity index (χ4v) is 3.78. The lowest BCUT2D eigenvalue weighted by Gasteiger charge is -2.27. The van der Waals surface area contributed by atoms with Crippen LogP contribution in [0.2, 0.25) is 5.02 Å². The molecule has 2 N–H and O–H groups in total. The number of esters is 1. The van der Waals surface area contributed by atoms with Crippen LogP contribution in [0.15, 0.2) is 47.2 Å². The molecule has 0 fully saturated rings. The molecule has 0 spiro atoms. The van der Waals surface area contributed by atoms with Crippen LogP contribution in [0, 0.1) is 21.4 Å². The first-order chi connectivity index (χ1) is 15.7. The summed E-state index contributed by atoms with van der Waals surface area (Å²) in [6, 6.07) is 7.06. The molecule has 0 saturated carbocycles. The molecule has 12 heteroatoms. The number of rotatable bonds is 7. The van der Waals surface area contributed by atoms with E-state index in [-0.39, 0.29) is 41.0 Å². The molecular weight excluding hydrogens is 454 g/mol. The highest BCUT2D eigenvalue weighted by molar-refractivity contribution is 6.32. The summed E-state index contributed by atoms with van der Waals surface area (Å²) in [5, 5.41) is 24.6.